The van der Waals surface area contributed by atoms with Crippen LogP contribution >= 0.6 is 7.82 Å². The molecular formula is C22H46NO6P. The third-order valence-electron chi connectivity index (χ3n) is 5.30. The van der Waals surface area contributed by atoms with E-state index in [0.717, 1.165) is 70.8 Å². The Morgan fingerprint density at radius 1 is 0.833 bits per heavy atom. The number of aliphatic hydroxyl groups is 1. The first-order valence-electron chi connectivity index (χ1n) is 12.0. The zero-order valence-corrected chi connectivity index (χ0v) is 20.1. The monoisotopic (exact) mass is 451 g/mol. The number of carbonyl (C=O) groups is 1. The van der Waals surface area contributed by atoms with Crippen LogP contribution in [0.4, 0.5) is 0 Å². The molecule has 0 aliphatic rings. The summed E-state index contributed by atoms with van der Waals surface area (Å²) < 4.78 is 16.1. The van der Waals surface area contributed by atoms with Gasteiger partial charge in [-0.15, -0.1) is 0 Å². The highest BCUT2D eigenvalue weighted by Crippen LogP contribution is 2.40. The van der Waals surface area contributed by atoms with Crippen LogP contribution in [0.15, 0.2) is 0 Å². The minimum absolute atomic E-state index is 0.117. The van der Waals surface area contributed by atoms with E-state index in [1.165, 1.54) is 19.3 Å². The number of rotatable bonds is 21. The van der Waals surface area contributed by atoms with Crippen LogP contribution in [0.2, 0.25) is 0 Å². The van der Waals surface area contributed by atoms with Crippen molar-refractivity contribution in [1.82, 2.24) is 5.32 Å². The van der Waals surface area contributed by atoms with Crippen molar-refractivity contribution in [3.8, 4) is 0 Å². The molecule has 7 nitrogen and oxygen atoms in total. The SMILES string of the molecule is CCCCCCCCC(OP(=O)(O)O)C(O)CCCCCCCC(=O)NCCCC. The maximum atomic E-state index is 11.6. The van der Waals surface area contributed by atoms with Gasteiger partial charge < -0.3 is 20.2 Å². The number of phosphoric ester groups is 1. The third kappa shape index (κ3) is 19.5. The van der Waals surface area contributed by atoms with E-state index in [2.05, 4.69) is 19.2 Å². The summed E-state index contributed by atoms with van der Waals surface area (Å²) in [6, 6.07) is 0. The van der Waals surface area contributed by atoms with Gasteiger partial charge in [-0.05, 0) is 25.7 Å². The average molecular weight is 452 g/mol. The molecular weight excluding hydrogens is 405 g/mol. The molecule has 0 saturated heterocycles. The molecule has 180 valence electrons. The van der Waals surface area contributed by atoms with E-state index in [-0.39, 0.29) is 5.91 Å². The largest absolute Gasteiger partial charge is 0.469 e. The van der Waals surface area contributed by atoms with Gasteiger partial charge in [-0.1, -0.05) is 84.5 Å². The fraction of sp³-hybridized carbons (Fsp3) is 0.955. The quantitative estimate of drug-likeness (QED) is 0.140. The predicted octanol–water partition coefficient (Wildman–Crippen LogP) is 5.22. The molecule has 0 spiro atoms. The van der Waals surface area contributed by atoms with Gasteiger partial charge in [-0.25, -0.2) is 4.57 Å². The van der Waals surface area contributed by atoms with Crippen LogP contribution < -0.4 is 5.32 Å². The summed E-state index contributed by atoms with van der Waals surface area (Å²) in [5.74, 6) is 0.117. The van der Waals surface area contributed by atoms with Gasteiger partial charge in [0, 0.05) is 13.0 Å². The highest BCUT2D eigenvalue weighted by atomic mass is 31.2. The van der Waals surface area contributed by atoms with E-state index in [1.54, 1.807) is 0 Å². The zero-order chi connectivity index (χ0) is 22.7. The molecule has 0 heterocycles. The summed E-state index contributed by atoms with van der Waals surface area (Å²) in [7, 11) is -4.61. The van der Waals surface area contributed by atoms with E-state index >= 15 is 0 Å². The molecule has 0 aliphatic carbocycles. The van der Waals surface area contributed by atoms with Crippen molar-refractivity contribution in [2.75, 3.05) is 6.54 Å². The lowest BCUT2D eigenvalue weighted by Crippen LogP contribution is -2.28. The van der Waals surface area contributed by atoms with Crippen molar-refractivity contribution in [2.24, 2.45) is 0 Å². The number of amides is 1. The molecule has 2 atom stereocenters. The van der Waals surface area contributed by atoms with E-state index in [1.807, 2.05) is 0 Å². The predicted molar refractivity (Wildman–Crippen MR) is 121 cm³/mol. The van der Waals surface area contributed by atoms with Crippen molar-refractivity contribution in [3.63, 3.8) is 0 Å². The van der Waals surface area contributed by atoms with Gasteiger partial charge in [0.2, 0.25) is 5.91 Å². The van der Waals surface area contributed by atoms with E-state index in [4.69, 9.17) is 14.3 Å². The average Bonchev–Trinajstić information content (AvgIpc) is 2.68. The Hall–Kier alpha value is -0.460. The Bertz CT molecular complexity index is 457. The Labute approximate surface area is 183 Å². The van der Waals surface area contributed by atoms with Gasteiger partial charge in [0.05, 0.1) is 12.2 Å². The van der Waals surface area contributed by atoms with Gasteiger partial charge >= 0.3 is 7.82 Å². The topological polar surface area (TPSA) is 116 Å². The van der Waals surface area contributed by atoms with Crippen molar-refractivity contribution < 1.29 is 28.8 Å². The summed E-state index contributed by atoms with van der Waals surface area (Å²) in [6.45, 7) is 5.01. The lowest BCUT2D eigenvalue weighted by atomic mass is 9.99. The van der Waals surface area contributed by atoms with Crippen LogP contribution in [0.1, 0.15) is 117 Å². The molecule has 0 bridgehead atoms. The molecule has 1 amide bonds. The Kier molecular flexibility index (Phi) is 18.9. The standard InChI is InChI=1S/C22H46NO6P/c1-3-5-7-8-11-14-17-21(29-30(26,27)28)20(24)16-13-10-9-12-15-18-22(25)23-19-6-4-2/h20-21,24H,3-19H2,1-2H3,(H,23,25)(H2,26,27,28). The summed E-state index contributed by atoms with van der Waals surface area (Å²) in [4.78, 5) is 29.9. The van der Waals surface area contributed by atoms with Crippen molar-refractivity contribution >= 4 is 13.7 Å². The van der Waals surface area contributed by atoms with Crippen LogP contribution in [-0.4, -0.2) is 39.6 Å². The Morgan fingerprint density at radius 2 is 1.37 bits per heavy atom. The number of hydrogen-bond acceptors (Lipinski definition) is 4. The maximum absolute atomic E-state index is 11.6. The molecule has 0 saturated carbocycles. The van der Waals surface area contributed by atoms with Crippen molar-refractivity contribution in [1.29, 1.82) is 0 Å². The first-order chi connectivity index (χ1) is 14.3. The molecule has 0 fully saturated rings. The summed E-state index contributed by atoms with van der Waals surface area (Å²) in [5, 5.41) is 13.3. The minimum Gasteiger partial charge on any atom is -0.390 e. The third-order valence-corrected chi connectivity index (χ3v) is 5.85. The molecule has 4 N–H and O–H groups in total. The number of carbonyl (C=O) groups excluding carboxylic acids is 1. The summed E-state index contributed by atoms with van der Waals surface area (Å²) >= 11 is 0. The van der Waals surface area contributed by atoms with Crippen LogP contribution in [0.25, 0.3) is 0 Å². The van der Waals surface area contributed by atoms with Crippen LogP contribution in [-0.2, 0) is 13.9 Å². The second-order valence-electron chi connectivity index (χ2n) is 8.27. The lowest BCUT2D eigenvalue weighted by molar-refractivity contribution is -0.121. The van der Waals surface area contributed by atoms with Crippen molar-refractivity contribution in [2.45, 2.75) is 129 Å². The smallest absolute Gasteiger partial charge is 0.390 e. The first-order valence-corrected chi connectivity index (χ1v) is 13.5. The number of phosphoric acid groups is 1. The number of aliphatic hydroxyl groups excluding tert-OH is 1. The zero-order valence-electron chi connectivity index (χ0n) is 19.2. The molecule has 2 unspecified atom stereocenters. The summed E-state index contributed by atoms with van der Waals surface area (Å²) in [6.07, 6.45) is 12.9. The molecule has 0 radical (unpaired) electrons. The van der Waals surface area contributed by atoms with Crippen molar-refractivity contribution in [3.05, 3.63) is 0 Å². The van der Waals surface area contributed by atoms with E-state index in [0.29, 0.717) is 19.3 Å². The molecule has 30 heavy (non-hydrogen) atoms. The van der Waals surface area contributed by atoms with Gasteiger partial charge in [0.25, 0.3) is 0 Å². The summed E-state index contributed by atoms with van der Waals surface area (Å²) in [5.41, 5.74) is 0. The second-order valence-corrected chi connectivity index (χ2v) is 9.46. The fourth-order valence-corrected chi connectivity index (χ4v) is 4.06. The van der Waals surface area contributed by atoms with Gasteiger partial charge in [0.15, 0.2) is 0 Å². The lowest BCUT2D eigenvalue weighted by Gasteiger charge is -2.23. The Balaban J connectivity index is 3.96. The number of hydrogen-bond donors (Lipinski definition) is 4. The van der Waals surface area contributed by atoms with Crippen LogP contribution in [0, 0.1) is 0 Å². The Morgan fingerprint density at radius 3 is 1.97 bits per heavy atom. The molecule has 8 heteroatoms. The minimum atomic E-state index is -4.61. The number of nitrogens with one attached hydrogen (secondary N) is 1. The fourth-order valence-electron chi connectivity index (χ4n) is 3.47. The number of unbranched alkanes of at least 4 members (excludes halogenated alkanes) is 10. The highest BCUT2D eigenvalue weighted by molar-refractivity contribution is 7.46. The van der Waals surface area contributed by atoms with E-state index < -0.39 is 20.0 Å². The molecule has 0 aromatic rings. The van der Waals surface area contributed by atoms with Gasteiger partial charge in [0.1, 0.15) is 0 Å². The maximum Gasteiger partial charge on any atom is 0.469 e. The second kappa shape index (κ2) is 19.2. The van der Waals surface area contributed by atoms with Crippen LogP contribution in [0.3, 0.4) is 0 Å². The molecule has 0 aliphatic heterocycles. The van der Waals surface area contributed by atoms with Gasteiger partial charge in [-0.3, -0.25) is 9.32 Å². The molecule has 0 aromatic heterocycles. The van der Waals surface area contributed by atoms with Crippen LogP contribution in [0.5, 0.6) is 0 Å². The molecule has 0 rings (SSSR count). The normalized spacial score (nSPS) is 13.9. The van der Waals surface area contributed by atoms with Gasteiger partial charge in [-0.2, -0.15) is 0 Å². The van der Waals surface area contributed by atoms with E-state index in [9.17, 15) is 14.5 Å². The first kappa shape index (κ1) is 29.5. The highest BCUT2D eigenvalue weighted by Gasteiger charge is 2.27. The molecule has 0 aromatic carbocycles.